The predicted molar refractivity (Wildman–Crippen MR) is 107 cm³/mol. The molecule has 1 heterocycles. The van der Waals surface area contributed by atoms with Crippen molar-refractivity contribution in [2.24, 2.45) is 0 Å². The molecule has 5 heteroatoms. The molecule has 1 aromatic heterocycles. The summed E-state index contributed by atoms with van der Waals surface area (Å²) in [4.78, 5) is 4.66. The highest BCUT2D eigenvalue weighted by Gasteiger charge is 2.06. The lowest BCUT2D eigenvalue weighted by Gasteiger charge is -2.05. The minimum absolute atomic E-state index is 0. The molecule has 120 valence electrons. The highest BCUT2D eigenvalue weighted by atomic mass is 79.9. The molecular weight excluding hydrogens is 392 g/mol. The number of thiazole rings is 1. The number of halogens is 2. The predicted octanol–water partition coefficient (Wildman–Crippen LogP) is 6.71. The fourth-order valence-electron chi connectivity index (χ4n) is 2.16. The number of nitrogens with zero attached hydrogens (tertiary/aromatic N) is 1. The number of benzene rings is 2. The summed E-state index contributed by atoms with van der Waals surface area (Å²) in [5, 5.41) is 7.01. The highest BCUT2D eigenvalue weighted by Crippen LogP contribution is 2.29. The summed E-state index contributed by atoms with van der Waals surface area (Å²) in [5.74, 6) is 0. The van der Waals surface area contributed by atoms with Gasteiger partial charge in [0.15, 0.2) is 5.13 Å². The van der Waals surface area contributed by atoms with E-state index in [1.807, 2.05) is 25.1 Å². The van der Waals surface area contributed by atoms with Crippen molar-refractivity contribution in [2.45, 2.75) is 20.8 Å². The second-order valence-electron chi connectivity index (χ2n) is 5.43. The second-order valence-corrected chi connectivity index (χ2v) is 6.69. The second kappa shape index (κ2) is 7.47. The van der Waals surface area contributed by atoms with Gasteiger partial charge in [-0.05, 0) is 55.7 Å². The summed E-state index contributed by atoms with van der Waals surface area (Å²) in [7, 11) is 0. The van der Waals surface area contributed by atoms with Crippen LogP contribution in [0.2, 0.25) is 5.02 Å². The standard InChI is InChI=1S/C18H17ClN2S.BrH/c1-11-4-6-14(8-13(11)3)17-10-22-18(21-17)20-15-7-5-12(2)16(19)9-15;/h4-10H,1-3H3,(H,20,21);1H. The van der Waals surface area contributed by atoms with Gasteiger partial charge in [-0.2, -0.15) is 0 Å². The first-order valence-electron chi connectivity index (χ1n) is 7.09. The first kappa shape index (κ1) is 18.0. The van der Waals surface area contributed by atoms with Crippen LogP contribution in [0.5, 0.6) is 0 Å². The number of anilines is 2. The van der Waals surface area contributed by atoms with Gasteiger partial charge < -0.3 is 5.32 Å². The van der Waals surface area contributed by atoms with Crippen LogP contribution < -0.4 is 5.32 Å². The molecule has 0 atom stereocenters. The molecule has 0 bridgehead atoms. The average molecular weight is 410 g/mol. The van der Waals surface area contributed by atoms with Gasteiger partial charge in [0.2, 0.25) is 0 Å². The lowest BCUT2D eigenvalue weighted by atomic mass is 10.1. The van der Waals surface area contributed by atoms with E-state index < -0.39 is 0 Å². The lowest BCUT2D eigenvalue weighted by Crippen LogP contribution is -1.90. The maximum Gasteiger partial charge on any atom is 0.187 e. The van der Waals surface area contributed by atoms with Gasteiger partial charge in [-0.15, -0.1) is 28.3 Å². The van der Waals surface area contributed by atoms with E-state index in [0.29, 0.717) is 0 Å². The van der Waals surface area contributed by atoms with Gasteiger partial charge in [0, 0.05) is 21.7 Å². The average Bonchev–Trinajstić information content (AvgIpc) is 2.94. The SMILES string of the molecule is Br.Cc1ccc(-c2csc(Nc3ccc(C)c(Cl)c3)n2)cc1C. The van der Waals surface area contributed by atoms with Crippen molar-refractivity contribution in [3.8, 4) is 11.3 Å². The van der Waals surface area contributed by atoms with E-state index in [0.717, 1.165) is 32.7 Å². The van der Waals surface area contributed by atoms with Crippen molar-refractivity contribution in [3.05, 3.63) is 63.5 Å². The van der Waals surface area contributed by atoms with Gasteiger partial charge in [-0.1, -0.05) is 29.8 Å². The van der Waals surface area contributed by atoms with E-state index in [1.54, 1.807) is 11.3 Å². The van der Waals surface area contributed by atoms with Crippen molar-refractivity contribution < 1.29 is 0 Å². The van der Waals surface area contributed by atoms with E-state index in [1.165, 1.54) is 11.1 Å². The zero-order valence-corrected chi connectivity index (χ0v) is 16.5. The molecule has 0 saturated carbocycles. The van der Waals surface area contributed by atoms with E-state index in [9.17, 15) is 0 Å². The van der Waals surface area contributed by atoms with Gasteiger partial charge in [-0.25, -0.2) is 4.98 Å². The van der Waals surface area contributed by atoms with Crippen molar-refractivity contribution in [2.75, 3.05) is 5.32 Å². The summed E-state index contributed by atoms with van der Waals surface area (Å²) in [5.41, 5.74) is 6.75. The Labute approximate surface area is 156 Å². The molecule has 0 unspecified atom stereocenters. The Morgan fingerprint density at radius 3 is 2.39 bits per heavy atom. The Morgan fingerprint density at radius 2 is 1.70 bits per heavy atom. The molecule has 0 fully saturated rings. The third-order valence-corrected chi connectivity index (χ3v) is 4.89. The number of rotatable bonds is 3. The summed E-state index contributed by atoms with van der Waals surface area (Å²) in [6, 6.07) is 12.4. The number of aromatic nitrogens is 1. The molecule has 0 spiro atoms. The Hall–Kier alpha value is -1.36. The molecule has 1 N–H and O–H groups in total. The fraction of sp³-hybridized carbons (Fsp3) is 0.167. The van der Waals surface area contributed by atoms with Crippen molar-refractivity contribution >= 4 is 50.7 Å². The maximum absolute atomic E-state index is 6.16. The minimum atomic E-state index is 0. The largest absolute Gasteiger partial charge is 0.331 e. The number of aryl methyl sites for hydroxylation is 3. The minimum Gasteiger partial charge on any atom is -0.331 e. The zero-order chi connectivity index (χ0) is 15.7. The fourth-order valence-corrected chi connectivity index (χ4v) is 3.08. The van der Waals surface area contributed by atoms with Crippen LogP contribution in [0.3, 0.4) is 0 Å². The summed E-state index contributed by atoms with van der Waals surface area (Å²) in [6.07, 6.45) is 0. The molecule has 2 nitrogen and oxygen atoms in total. The van der Waals surface area contributed by atoms with Crippen LogP contribution in [-0.2, 0) is 0 Å². The Balaban J connectivity index is 0.00000192. The molecule has 0 aliphatic heterocycles. The molecule has 0 radical (unpaired) electrons. The third-order valence-electron chi connectivity index (χ3n) is 3.73. The van der Waals surface area contributed by atoms with Crippen molar-refractivity contribution in [1.82, 2.24) is 4.98 Å². The Morgan fingerprint density at radius 1 is 0.957 bits per heavy atom. The summed E-state index contributed by atoms with van der Waals surface area (Å²) < 4.78 is 0. The normalized spacial score (nSPS) is 10.3. The van der Waals surface area contributed by atoms with Gasteiger partial charge >= 0.3 is 0 Å². The Kier molecular flexibility index (Phi) is 5.84. The molecule has 0 aliphatic carbocycles. The molecular formula is C18H18BrClN2S. The number of hydrogen-bond acceptors (Lipinski definition) is 3. The maximum atomic E-state index is 6.16. The molecule has 0 amide bonds. The zero-order valence-electron chi connectivity index (χ0n) is 13.2. The highest BCUT2D eigenvalue weighted by molar-refractivity contribution is 8.93. The molecule has 23 heavy (non-hydrogen) atoms. The van der Waals surface area contributed by atoms with E-state index in [-0.39, 0.29) is 17.0 Å². The van der Waals surface area contributed by atoms with Crippen LogP contribution in [0.25, 0.3) is 11.3 Å². The molecule has 3 aromatic rings. The quantitative estimate of drug-likeness (QED) is 0.520. The van der Waals surface area contributed by atoms with Crippen LogP contribution in [0.1, 0.15) is 16.7 Å². The van der Waals surface area contributed by atoms with Gasteiger partial charge in [0.25, 0.3) is 0 Å². The summed E-state index contributed by atoms with van der Waals surface area (Å²) >= 11 is 7.75. The first-order valence-corrected chi connectivity index (χ1v) is 8.35. The van der Waals surface area contributed by atoms with E-state index in [2.05, 4.69) is 47.7 Å². The van der Waals surface area contributed by atoms with Crippen LogP contribution >= 0.6 is 39.9 Å². The first-order chi connectivity index (χ1) is 10.5. The molecule has 3 rings (SSSR count). The third kappa shape index (κ3) is 4.14. The van der Waals surface area contributed by atoms with E-state index in [4.69, 9.17) is 11.6 Å². The smallest absolute Gasteiger partial charge is 0.187 e. The Bertz CT molecular complexity index is 830. The molecule has 0 saturated heterocycles. The monoisotopic (exact) mass is 408 g/mol. The topological polar surface area (TPSA) is 24.9 Å². The lowest BCUT2D eigenvalue weighted by molar-refractivity contribution is 1.32. The molecule has 0 aliphatic rings. The molecule has 2 aromatic carbocycles. The van der Waals surface area contributed by atoms with Crippen LogP contribution in [0.15, 0.2) is 41.8 Å². The van der Waals surface area contributed by atoms with E-state index >= 15 is 0 Å². The number of nitrogens with one attached hydrogen (secondary N) is 1. The van der Waals surface area contributed by atoms with Crippen LogP contribution in [0.4, 0.5) is 10.8 Å². The van der Waals surface area contributed by atoms with Crippen LogP contribution in [0, 0.1) is 20.8 Å². The van der Waals surface area contributed by atoms with Gasteiger partial charge in [-0.3, -0.25) is 0 Å². The summed E-state index contributed by atoms with van der Waals surface area (Å²) in [6.45, 7) is 6.24. The van der Waals surface area contributed by atoms with Gasteiger partial charge in [0.05, 0.1) is 5.69 Å². The van der Waals surface area contributed by atoms with Gasteiger partial charge in [0.1, 0.15) is 0 Å². The van der Waals surface area contributed by atoms with Crippen molar-refractivity contribution in [3.63, 3.8) is 0 Å². The number of hydrogen-bond donors (Lipinski definition) is 1. The van der Waals surface area contributed by atoms with Crippen molar-refractivity contribution in [1.29, 1.82) is 0 Å². The van der Waals surface area contributed by atoms with Crippen LogP contribution in [-0.4, -0.2) is 4.98 Å².